The van der Waals surface area contributed by atoms with Crippen molar-refractivity contribution in [2.45, 2.75) is 31.8 Å². The van der Waals surface area contributed by atoms with Crippen LogP contribution in [0.2, 0.25) is 0 Å². The van der Waals surface area contributed by atoms with Crippen molar-refractivity contribution in [1.82, 2.24) is 25.5 Å². The van der Waals surface area contributed by atoms with Crippen molar-refractivity contribution >= 4 is 17.7 Å². The zero-order valence-electron chi connectivity index (χ0n) is 14.2. The Labute approximate surface area is 152 Å². The maximum absolute atomic E-state index is 12.2. The minimum absolute atomic E-state index is 0.133. The summed E-state index contributed by atoms with van der Waals surface area (Å²) in [5, 5.41) is 14.3. The lowest BCUT2D eigenvalue weighted by molar-refractivity contribution is -0.274. The largest absolute Gasteiger partial charge is 0.573 e. The Morgan fingerprint density at radius 2 is 2.00 bits per heavy atom. The number of rotatable bonds is 8. The van der Waals surface area contributed by atoms with Gasteiger partial charge in [-0.3, -0.25) is 4.79 Å². The highest BCUT2D eigenvalue weighted by Gasteiger charge is 2.31. The Hall–Kier alpha value is -2.30. The molecule has 1 amide bonds. The van der Waals surface area contributed by atoms with E-state index in [0.717, 1.165) is 30.3 Å². The number of carbonyl (C=O) groups is 1. The second-order valence-corrected chi connectivity index (χ2v) is 6.68. The van der Waals surface area contributed by atoms with Gasteiger partial charge in [-0.2, -0.15) is 4.68 Å². The smallest absolute Gasteiger partial charge is 0.406 e. The zero-order valence-corrected chi connectivity index (χ0v) is 15.0. The SMILES string of the molecule is CC(C)CCNC(=O)CSc1nnnn1-c1ccc(OC(F)(F)F)cc1. The molecule has 0 radical (unpaired) electrons. The predicted molar refractivity (Wildman–Crippen MR) is 89.0 cm³/mol. The molecule has 1 aromatic heterocycles. The monoisotopic (exact) mass is 389 g/mol. The molecule has 0 aliphatic rings. The van der Waals surface area contributed by atoms with Crippen LogP contribution < -0.4 is 10.1 Å². The topological polar surface area (TPSA) is 81.9 Å². The van der Waals surface area contributed by atoms with E-state index in [4.69, 9.17) is 0 Å². The lowest BCUT2D eigenvalue weighted by Gasteiger charge is -2.09. The van der Waals surface area contributed by atoms with E-state index in [-0.39, 0.29) is 17.4 Å². The summed E-state index contributed by atoms with van der Waals surface area (Å²) in [4.78, 5) is 11.8. The first-order chi connectivity index (χ1) is 12.2. The van der Waals surface area contributed by atoms with Gasteiger partial charge in [0.1, 0.15) is 5.75 Å². The fraction of sp³-hybridized carbons (Fsp3) is 0.467. The van der Waals surface area contributed by atoms with E-state index in [9.17, 15) is 18.0 Å². The number of halogens is 3. The van der Waals surface area contributed by atoms with Crippen LogP contribution in [0.3, 0.4) is 0 Å². The van der Waals surface area contributed by atoms with Crippen molar-refractivity contribution in [3.05, 3.63) is 24.3 Å². The van der Waals surface area contributed by atoms with Gasteiger partial charge in [0.05, 0.1) is 11.4 Å². The number of hydrogen-bond acceptors (Lipinski definition) is 6. The van der Waals surface area contributed by atoms with E-state index >= 15 is 0 Å². The molecule has 2 aromatic rings. The second kappa shape index (κ2) is 8.88. The molecule has 2 rings (SSSR count). The summed E-state index contributed by atoms with van der Waals surface area (Å²) in [7, 11) is 0. The molecule has 1 aromatic carbocycles. The molecular weight excluding hydrogens is 371 g/mol. The minimum atomic E-state index is -4.75. The summed E-state index contributed by atoms with van der Waals surface area (Å²) in [6.45, 7) is 4.74. The molecule has 0 fully saturated rings. The Morgan fingerprint density at radius 1 is 1.31 bits per heavy atom. The first kappa shape index (κ1) is 20.0. The fourth-order valence-corrected chi connectivity index (χ4v) is 2.62. The van der Waals surface area contributed by atoms with Gasteiger partial charge in [0.15, 0.2) is 0 Å². The molecule has 0 bridgehead atoms. The zero-order chi connectivity index (χ0) is 19.2. The first-order valence-electron chi connectivity index (χ1n) is 7.78. The summed E-state index contributed by atoms with van der Waals surface area (Å²) in [6, 6.07) is 5.11. The van der Waals surface area contributed by atoms with Crippen LogP contribution in [-0.4, -0.2) is 44.8 Å². The molecule has 0 saturated heterocycles. The van der Waals surface area contributed by atoms with Gasteiger partial charge >= 0.3 is 6.36 Å². The Bertz CT molecular complexity index is 719. The van der Waals surface area contributed by atoms with E-state index in [1.54, 1.807) is 0 Å². The van der Waals surface area contributed by atoms with E-state index in [0.29, 0.717) is 23.3 Å². The van der Waals surface area contributed by atoms with Crippen molar-refractivity contribution in [3.8, 4) is 11.4 Å². The van der Waals surface area contributed by atoms with E-state index in [1.165, 1.54) is 16.8 Å². The number of aromatic nitrogens is 4. The normalized spacial score (nSPS) is 11.6. The molecule has 11 heteroatoms. The average molecular weight is 389 g/mol. The number of benzene rings is 1. The number of hydrogen-bond donors (Lipinski definition) is 1. The predicted octanol–water partition coefficient (Wildman–Crippen LogP) is 2.82. The lowest BCUT2D eigenvalue weighted by Crippen LogP contribution is -2.27. The van der Waals surface area contributed by atoms with Crippen LogP contribution >= 0.6 is 11.8 Å². The summed E-state index contributed by atoms with van der Waals surface area (Å²) >= 11 is 1.13. The maximum Gasteiger partial charge on any atom is 0.573 e. The molecule has 7 nitrogen and oxygen atoms in total. The van der Waals surface area contributed by atoms with Gasteiger partial charge in [-0.15, -0.1) is 18.3 Å². The molecule has 0 aliphatic carbocycles. The van der Waals surface area contributed by atoms with Gasteiger partial charge in [-0.05, 0) is 47.0 Å². The van der Waals surface area contributed by atoms with Gasteiger partial charge < -0.3 is 10.1 Å². The molecule has 1 N–H and O–H groups in total. The highest BCUT2D eigenvalue weighted by molar-refractivity contribution is 7.99. The summed E-state index contributed by atoms with van der Waals surface area (Å²) in [5.74, 6) is 0.153. The molecular formula is C15H18F3N5O2S. The molecule has 142 valence electrons. The van der Waals surface area contributed by atoms with Crippen LogP contribution in [0.5, 0.6) is 5.75 Å². The number of ether oxygens (including phenoxy) is 1. The van der Waals surface area contributed by atoms with Crippen molar-refractivity contribution in [1.29, 1.82) is 0 Å². The third kappa shape index (κ3) is 6.54. The standard InChI is InChI=1S/C15H18F3N5O2S/c1-10(2)7-8-19-13(24)9-26-14-20-21-22-23(14)11-3-5-12(6-4-11)25-15(16,17)18/h3-6,10H,7-9H2,1-2H3,(H,19,24). The van der Waals surface area contributed by atoms with Crippen LogP contribution in [0.15, 0.2) is 29.4 Å². The number of nitrogens with one attached hydrogen (secondary N) is 1. The Morgan fingerprint density at radius 3 is 2.62 bits per heavy atom. The number of thioether (sulfide) groups is 1. The number of tetrazole rings is 1. The van der Waals surface area contributed by atoms with Crippen molar-refractivity contribution in [2.24, 2.45) is 5.92 Å². The van der Waals surface area contributed by atoms with Gasteiger partial charge in [-0.1, -0.05) is 25.6 Å². The molecule has 1 heterocycles. The highest BCUT2D eigenvalue weighted by atomic mass is 32.2. The van der Waals surface area contributed by atoms with Gasteiger partial charge in [0.2, 0.25) is 11.1 Å². The molecule has 0 atom stereocenters. The van der Waals surface area contributed by atoms with Gasteiger partial charge in [0.25, 0.3) is 0 Å². The average Bonchev–Trinajstić information content (AvgIpc) is 3.00. The second-order valence-electron chi connectivity index (χ2n) is 5.74. The highest BCUT2D eigenvalue weighted by Crippen LogP contribution is 2.24. The van der Waals surface area contributed by atoms with Crippen molar-refractivity contribution in [2.75, 3.05) is 12.3 Å². The Kier molecular flexibility index (Phi) is 6.83. The van der Waals surface area contributed by atoms with Gasteiger partial charge in [0, 0.05) is 6.54 Å². The third-order valence-electron chi connectivity index (χ3n) is 3.13. The number of amides is 1. The summed E-state index contributed by atoms with van der Waals surface area (Å²) in [6.07, 6.45) is -3.86. The van der Waals surface area contributed by atoms with Crippen molar-refractivity contribution in [3.63, 3.8) is 0 Å². The quantitative estimate of drug-likeness (QED) is 0.699. The Balaban J connectivity index is 1.94. The number of carbonyl (C=O) groups excluding carboxylic acids is 1. The maximum atomic E-state index is 12.2. The molecule has 0 spiro atoms. The molecule has 0 unspecified atom stereocenters. The fourth-order valence-electron chi connectivity index (χ4n) is 1.90. The van der Waals surface area contributed by atoms with E-state index < -0.39 is 6.36 Å². The molecule has 0 aliphatic heterocycles. The van der Waals surface area contributed by atoms with Crippen LogP contribution in [0, 0.1) is 5.92 Å². The van der Waals surface area contributed by atoms with Gasteiger partial charge in [-0.25, -0.2) is 0 Å². The van der Waals surface area contributed by atoms with Crippen LogP contribution in [-0.2, 0) is 4.79 Å². The van der Waals surface area contributed by atoms with Crippen LogP contribution in [0.4, 0.5) is 13.2 Å². The summed E-state index contributed by atoms with van der Waals surface area (Å²) in [5.41, 5.74) is 0.451. The van der Waals surface area contributed by atoms with Crippen LogP contribution in [0.1, 0.15) is 20.3 Å². The molecule has 0 saturated carbocycles. The van der Waals surface area contributed by atoms with E-state index in [2.05, 4.69) is 39.4 Å². The minimum Gasteiger partial charge on any atom is -0.406 e. The van der Waals surface area contributed by atoms with Crippen molar-refractivity contribution < 1.29 is 22.7 Å². The van der Waals surface area contributed by atoms with Crippen LogP contribution in [0.25, 0.3) is 5.69 Å². The lowest BCUT2D eigenvalue weighted by atomic mass is 10.1. The van der Waals surface area contributed by atoms with E-state index in [1.807, 2.05) is 0 Å². The first-order valence-corrected chi connectivity index (χ1v) is 8.77. The third-order valence-corrected chi connectivity index (χ3v) is 4.05. The number of nitrogens with zero attached hydrogens (tertiary/aromatic N) is 4. The summed E-state index contributed by atoms with van der Waals surface area (Å²) < 4.78 is 41.7. The number of alkyl halides is 3. The molecule has 26 heavy (non-hydrogen) atoms.